The van der Waals surface area contributed by atoms with Crippen LogP contribution in [0.25, 0.3) is 0 Å². The Hall–Kier alpha value is -1.03. The zero-order chi connectivity index (χ0) is 13.8. The fourth-order valence-electron chi connectivity index (χ4n) is 1.60. The van der Waals surface area contributed by atoms with Crippen LogP contribution in [0.2, 0.25) is 10.0 Å². The van der Waals surface area contributed by atoms with Crippen LogP contribution >= 0.6 is 39.1 Å². The summed E-state index contributed by atoms with van der Waals surface area (Å²) in [6.45, 7) is 0. The molecule has 1 N–H and O–H groups in total. The molecule has 2 aromatic carbocycles. The summed E-state index contributed by atoms with van der Waals surface area (Å²) in [5.74, 6) is -0.278. The lowest BCUT2D eigenvalue weighted by atomic mass is 10.2. The summed E-state index contributed by atoms with van der Waals surface area (Å²) in [6, 6.07) is 12.4. The van der Waals surface area contributed by atoms with E-state index in [1.165, 1.54) is 0 Å². The lowest BCUT2D eigenvalue weighted by Crippen LogP contribution is -2.12. The molecular weight excluding hydrogens is 349 g/mol. The van der Waals surface area contributed by atoms with Crippen molar-refractivity contribution in [3.05, 3.63) is 63.6 Å². The van der Waals surface area contributed by atoms with Crippen LogP contribution in [0.4, 0.5) is 5.69 Å². The number of halogens is 3. The zero-order valence-corrected chi connectivity index (χ0v) is 12.9. The summed E-state index contributed by atoms with van der Waals surface area (Å²) in [6.07, 6.45) is 0. The molecule has 0 aliphatic heterocycles. The maximum absolute atomic E-state index is 12.1. The Morgan fingerprint density at radius 1 is 1.16 bits per heavy atom. The highest BCUT2D eigenvalue weighted by Crippen LogP contribution is 2.22. The molecule has 19 heavy (non-hydrogen) atoms. The Labute approximate surface area is 129 Å². The van der Waals surface area contributed by atoms with Gasteiger partial charge in [0.2, 0.25) is 0 Å². The number of carbonyl (C=O) groups is 1. The number of hydrogen-bond acceptors (Lipinski definition) is 1. The third kappa shape index (κ3) is 3.72. The SMILES string of the molecule is O=C(Nc1cccc(CBr)c1)c1cc(Cl)ccc1Cl. The lowest BCUT2D eigenvalue weighted by Gasteiger charge is -2.08. The van der Waals surface area contributed by atoms with Crippen molar-refractivity contribution in [2.75, 3.05) is 5.32 Å². The summed E-state index contributed by atoms with van der Waals surface area (Å²) < 4.78 is 0. The van der Waals surface area contributed by atoms with Crippen molar-refractivity contribution >= 4 is 50.7 Å². The van der Waals surface area contributed by atoms with Gasteiger partial charge in [-0.05, 0) is 35.9 Å². The molecular formula is C14H10BrCl2NO. The second-order valence-corrected chi connectivity index (χ2v) is 5.32. The number of nitrogens with one attached hydrogen (secondary N) is 1. The summed E-state index contributed by atoms with van der Waals surface area (Å²) in [5, 5.41) is 4.38. The van der Waals surface area contributed by atoms with Crippen LogP contribution in [0, 0.1) is 0 Å². The standard InChI is InChI=1S/C14H10BrCl2NO/c15-8-9-2-1-3-11(6-9)18-14(19)12-7-10(16)4-5-13(12)17/h1-7H,8H2,(H,18,19). The van der Waals surface area contributed by atoms with Crippen molar-refractivity contribution in [3.8, 4) is 0 Å². The normalized spacial score (nSPS) is 10.3. The number of alkyl halides is 1. The molecule has 0 fully saturated rings. The maximum atomic E-state index is 12.1. The first kappa shape index (κ1) is 14.4. The first-order valence-electron chi connectivity index (χ1n) is 5.51. The van der Waals surface area contributed by atoms with Crippen molar-refractivity contribution in [1.82, 2.24) is 0 Å². The highest BCUT2D eigenvalue weighted by atomic mass is 79.9. The van der Waals surface area contributed by atoms with Gasteiger partial charge in [-0.15, -0.1) is 0 Å². The smallest absolute Gasteiger partial charge is 0.257 e. The summed E-state index contributed by atoms with van der Waals surface area (Å²) in [4.78, 5) is 12.1. The van der Waals surface area contributed by atoms with E-state index in [0.29, 0.717) is 15.6 Å². The number of carbonyl (C=O) groups excluding carboxylic acids is 1. The van der Waals surface area contributed by atoms with Crippen LogP contribution < -0.4 is 5.32 Å². The molecule has 0 aromatic heterocycles. The average Bonchev–Trinajstić information content (AvgIpc) is 2.41. The third-order valence-electron chi connectivity index (χ3n) is 2.51. The van der Waals surface area contributed by atoms with E-state index in [2.05, 4.69) is 21.2 Å². The quantitative estimate of drug-likeness (QED) is 0.756. The van der Waals surface area contributed by atoms with Gasteiger partial charge in [0, 0.05) is 16.0 Å². The largest absolute Gasteiger partial charge is 0.322 e. The van der Waals surface area contributed by atoms with E-state index in [1.54, 1.807) is 18.2 Å². The number of benzene rings is 2. The van der Waals surface area contributed by atoms with Crippen molar-refractivity contribution in [3.63, 3.8) is 0 Å². The Morgan fingerprint density at radius 3 is 2.68 bits per heavy atom. The molecule has 0 heterocycles. The minimum absolute atomic E-state index is 0.278. The van der Waals surface area contributed by atoms with Crippen molar-refractivity contribution in [1.29, 1.82) is 0 Å². The highest BCUT2D eigenvalue weighted by Gasteiger charge is 2.11. The van der Waals surface area contributed by atoms with Crippen LogP contribution in [0.5, 0.6) is 0 Å². The number of hydrogen-bond donors (Lipinski definition) is 1. The van der Waals surface area contributed by atoms with Gasteiger partial charge in [-0.2, -0.15) is 0 Å². The first-order chi connectivity index (χ1) is 9.10. The van der Waals surface area contributed by atoms with E-state index in [-0.39, 0.29) is 5.91 Å². The van der Waals surface area contributed by atoms with Crippen LogP contribution in [-0.2, 0) is 5.33 Å². The van der Waals surface area contributed by atoms with E-state index in [1.807, 2.05) is 24.3 Å². The molecule has 2 nitrogen and oxygen atoms in total. The topological polar surface area (TPSA) is 29.1 Å². The predicted molar refractivity (Wildman–Crippen MR) is 83.5 cm³/mol. The van der Waals surface area contributed by atoms with Crippen molar-refractivity contribution in [2.45, 2.75) is 5.33 Å². The van der Waals surface area contributed by atoms with E-state index < -0.39 is 0 Å². The molecule has 0 bridgehead atoms. The predicted octanol–water partition coefficient (Wildman–Crippen LogP) is 5.14. The Bertz CT molecular complexity index is 616. The Balaban J connectivity index is 2.23. The monoisotopic (exact) mass is 357 g/mol. The average molecular weight is 359 g/mol. The summed E-state index contributed by atoms with van der Waals surface area (Å²) >= 11 is 15.2. The first-order valence-corrected chi connectivity index (χ1v) is 7.39. The van der Waals surface area contributed by atoms with Crippen LogP contribution in [0.15, 0.2) is 42.5 Å². The molecule has 0 spiro atoms. The molecule has 0 unspecified atom stereocenters. The number of amides is 1. The van der Waals surface area contributed by atoms with Gasteiger partial charge < -0.3 is 5.32 Å². The van der Waals surface area contributed by atoms with Crippen LogP contribution in [-0.4, -0.2) is 5.91 Å². The van der Waals surface area contributed by atoms with Crippen LogP contribution in [0.3, 0.4) is 0 Å². The number of anilines is 1. The molecule has 5 heteroatoms. The van der Waals surface area contributed by atoms with Gasteiger partial charge in [0.25, 0.3) is 5.91 Å². The molecule has 2 aromatic rings. The van der Waals surface area contributed by atoms with Gasteiger partial charge in [-0.25, -0.2) is 0 Å². The molecule has 98 valence electrons. The van der Waals surface area contributed by atoms with Gasteiger partial charge in [-0.1, -0.05) is 51.3 Å². The molecule has 0 radical (unpaired) electrons. The third-order valence-corrected chi connectivity index (χ3v) is 3.72. The minimum atomic E-state index is -0.278. The van der Waals surface area contributed by atoms with Gasteiger partial charge >= 0.3 is 0 Å². The second kappa shape index (κ2) is 6.42. The molecule has 2 rings (SSSR count). The van der Waals surface area contributed by atoms with E-state index in [4.69, 9.17) is 23.2 Å². The number of rotatable bonds is 3. The van der Waals surface area contributed by atoms with Gasteiger partial charge in [-0.3, -0.25) is 4.79 Å². The van der Waals surface area contributed by atoms with Gasteiger partial charge in [0.15, 0.2) is 0 Å². The summed E-state index contributed by atoms with van der Waals surface area (Å²) in [7, 11) is 0. The van der Waals surface area contributed by atoms with E-state index in [9.17, 15) is 4.79 Å². The minimum Gasteiger partial charge on any atom is -0.322 e. The fraction of sp³-hybridized carbons (Fsp3) is 0.0714. The van der Waals surface area contributed by atoms with Gasteiger partial charge in [0.1, 0.15) is 0 Å². The fourth-order valence-corrected chi connectivity index (χ4v) is 2.33. The van der Waals surface area contributed by atoms with Crippen LogP contribution in [0.1, 0.15) is 15.9 Å². The zero-order valence-electron chi connectivity index (χ0n) is 9.79. The second-order valence-electron chi connectivity index (χ2n) is 3.91. The van der Waals surface area contributed by atoms with Crippen molar-refractivity contribution < 1.29 is 4.79 Å². The summed E-state index contributed by atoms with van der Waals surface area (Å²) in [5.41, 5.74) is 2.16. The van der Waals surface area contributed by atoms with Gasteiger partial charge in [0.05, 0.1) is 10.6 Å². The highest BCUT2D eigenvalue weighted by molar-refractivity contribution is 9.08. The Kier molecular flexibility index (Phi) is 4.86. The molecule has 0 saturated heterocycles. The van der Waals surface area contributed by atoms with Crippen molar-refractivity contribution in [2.24, 2.45) is 0 Å². The van der Waals surface area contributed by atoms with E-state index in [0.717, 1.165) is 16.6 Å². The molecule has 0 aliphatic rings. The molecule has 0 saturated carbocycles. The molecule has 0 atom stereocenters. The maximum Gasteiger partial charge on any atom is 0.257 e. The molecule has 0 aliphatic carbocycles. The Morgan fingerprint density at radius 2 is 1.95 bits per heavy atom. The lowest BCUT2D eigenvalue weighted by molar-refractivity contribution is 0.102. The molecule has 1 amide bonds. The van der Waals surface area contributed by atoms with E-state index >= 15 is 0 Å².